The zero-order valence-corrected chi connectivity index (χ0v) is 16.0. The van der Waals surface area contributed by atoms with E-state index in [-0.39, 0.29) is 11.8 Å². The maximum Gasteiger partial charge on any atom is 0.244 e. The summed E-state index contributed by atoms with van der Waals surface area (Å²) in [4.78, 5) is 34.4. The van der Waals surface area contributed by atoms with Gasteiger partial charge in [0.2, 0.25) is 11.8 Å². The SMILES string of the molecule is CN(C)CCC(=O)N1Cc2cncn2[C@@H](C(=O)NCCc2cccs2)C1. The van der Waals surface area contributed by atoms with Gasteiger partial charge in [-0.3, -0.25) is 9.59 Å². The summed E-state index contributed by atoms with van der Waals surface area (Å²) in [5, 5.41) is 5.04. The van der Waals surface area contributed by atoms with Gasteiger partial charge in [0.15, 0.2) is 0 Å². The van der Waals surface area contributed by atoms with Crippen LogP contribution in [0.1, 0.15) is 23.0 Å². The lowest BCUT2D eigenvalue weighted by Gasteiger charge is -2.34. The lowest BCUT2D eigenvalue weighted by atomic mass is 10.1. The number of hydrogen-bond donors (Lipinski definition) is 1. The number of nitrogens with one attached hydrogen (secondary N) is 1. The quantitative estimate of drug-likeness (QED) is 0.788. The molecule has 1 aliphatic rings. The Hall–Kier alpha value is -2.19. The van der Waals surface area contributed by atoms with Crippen molar-refractivity contribution < 1.29 is 9.59 Å². The first-order valence-corrected chi connectivity index (χ1v) is 9.66. The number of rotatable bonds is 7. The number of fused-ring (bicyclic) bond motifs is 1. The van der Waals surface area contributed by atoms with Crippen molar-refractivity contribution in [3.63, 3.8) is 0 Å². The van der Waals surface area contributed by atoms with Gasteiger partial charge in [0.25, 0.3) is 0 Å². The third-order valence-corrected chi connectivity index (χ3v) is 5.44. The molecule has 26 heavy (non-hydrogen) atoms. The minimum Gasteiger partial charge on any atom is -0.354 e. The summed E-state index contributed by atoms with van der Waals surface area (Å²) < 4.78 is 1.89. The predicted octanol–water partition coefficient (Wildman–Crippen LogP) is 1.14. The van der Waals surface area contributed by atoms with Crippen molar-refractivity contribution in [3.05, 3.63) is 40.6 Å². The second-order valence-corrected chi connectivity index (χ2v) is 7.79. The van der Waals surface area contributed by atoms with Gasteiger partial charge in [-0.2, -0.15) is 0 Å². The highest BCUT2D eigenvalue weighted by molar-refractivity contribution is 7.09. The fourth-order valence-corrected chi connectivity index (χ4v) is 3.76. The van der Waals surface area contributed by atoms with Crippen molar-refractivity contribution in [2.24, 2.45) is 0 Å². The highest BCUT2D eigenvalue weighted by Gasteiger charge is 2.32. The Bertz CT molecular complexity index is 741. The number of thiophene rings is 1. The molecule has 1 N–H and O–H groups in total. The van der Waals surface area contributed by atoms with Crippen molar-refractivity contribution in [2.45, 2.75) is 25.4 Å². The Morgan fingerprint density at radius 3 is 3.00 bits per heavy atom. The molecule has 7 nitrogen and oxygen atoms in total. The van der Waals surface area contributed by atoms with E-state index in [9.17, 15) is 9.59 Å². The Labute approximate surface area is 157 Å². The molecule has 1 atom stereocenters. The van der Waals surface area contributed by atoms with E-state index in [4.69, 9.17) is 0 Å². The van der Waals surface area contributed by atoms with Gasteiger partial charge in [-0.25, -0.2) is 4.98 Å². The van der Waals surface area contributed by atoms with Crippen LogP contribution in [0.3, 0.4) is 0 Å². The normalized spacial score (nSPS) is 16.6. The molecule has 8 heteroatoms. The molecule has 0 radical (unpaired) electrons. The standard InChI is InChI=1S/C18H25N5O2S/c1-21(2)8-6-17(24)22-11-14-10-19-13-23(14)16(12-22)18(25)20-7-5-15-4-3-9-26-15/h3-4,9-10,13,16H,5-8,11-12H2,1-2H3,(H,20,25)/t16-/m1/s1. The molecule has 0 saturated carbocycles. The molecule has 140 valence electrons. The molecule has 0 unspecified atom stereocenters. The number of carbonyl (C=O) groups excluding carboxylic acids is 2. The fourth-order valence-electron chi connectivity index (χ4n) is 3.05. The highest BCUT2D eigenvalue weighted by Crippen LogP contribution is 2.22. The molecular weight excluding hydrogens is 350 g/mol. The van der Waals surface area contributed by atoms with Crippen LogP contribution < -0.4 is 5.32 Å². The van der Waals surface area contributed by atoms with Gasteiger partial charge in [0, 0.05) is 30.6 Å². The molecule has 0 aromatic carbocycles. The Morgan fingerprint density at radius 1 is 1.42 bits per heavy atom. The molecule has 0 bridgehead atoms. The summed E-state index contributed by atoms with van der Waals surface area (Å²) >= 11 is 1.69. The highest BCUT2D eigenvalue weighted by atomic mass is 32.1. The number of amides is 2. The number of hydrogen-bond acceptors (Lipinski definition) is 5. The maximum absolute atomic E-state index is 12.7. The molecular formula is C18H25N5O2S. The lowest BCUT2D eigenvalue weighted by molar-refractivity contribution is -0.135. The summed E-state index contributed by atoms with van der Waals surface area (Å²) in [7, 11) is 3.89. The van der Waals surface area contributed by atoms with E-state index in [0.29, 0.717) is 32.6 Å². The second kappa shape index (κ2) is 8.46. The first-order valence-electron chi connectivity index (χ1n) is 8.78. The minimum absolute atomic E-state index is 0.0640. The van der Waals surface area contributed by atoms with Gasteiger partial charge in [-0.1, -0.05) is 6.07 Å². The smallest absolute Gasteiger partial charge is 0.244 e. The topological polar surface area (TPSA) is 70.5 Å². The predicted molar refractivity (Wildman–Crippen MR) is 101 cm³/mol. The monoisotopic (exact) mass is 375 g/mol. The first-order chi connectivity index (χ1) is 12.5. The van der Waals surface area contributed by atoms with E-state index in [2.05, 4.69) is 16.4 Å². The lowest BCUT2D eigenvalue weighted by Crippen LogP contribution is -2.47. The molecule has 0 spiro atoms. The Kier molecular flexibility index (Phi) is 6.05. The zero-order valence-electron chi connectivity index (χ0n) is 15.2. The van der Waals surface area contributed by atoms with E-state index in [1.165, 1.54) is 4.88 Å². The van der Waals surface area contributed by atoms with Crippen LogP contribution in [0.4, 0.5) is 0 Å². The van der Waals surface area contributed by atoms with Gasteiger partial charge in [0.05, 0.1) is 25.1 Å². The summed E-state index contributed by atoms with van der Waals surface area (Å²) in [5.74, 6) is 0.00783. The maximum atomic E-state index is 12.7. The van der Waals surface area contributed by atoms with E-state index in [0.717, 1.165) is 12.1 Å². The van der Waals surface area contributed by atoms with Crippen LogP contribution in [-0.2, 0) is 22.6 Å². The number of nitrogens with zero attached hydrogens (tertiary/aromatic N) is 4. The largest absolute Gasteiger partial charge is 0.354 e. The van der Waals surface area contributed by atoms with Gasteiger partial charge >= 0.3 is 0 Å². The van der Waals surface area contributed by atoms with Crippen LogP contribution in [0.15, 0.2) is 30.0 Å². The van der Waals surface area contributed by atoms with Crippen molar-refractivity contribution in [1.82, 2.24) is 24.7 Å². The summed E-state index contributed by atoms with van der Waals surface area (Å²) in [6.45, 7) is 2.19. The van der Waals surface area contributed by atoms with Crippen LogP contribution in [0.25, 0.3) is 0 Å². The van der Waals surface area contributed by atoms with Crippen LogP contribution in [0, 0.1) is 0 Å². The van der Waals surface area contributed by atoms with E-state index in [1.807, 2.05) is 35.0 Å². The van der Waals surface area contributed by atoms with E-state index in [1.54, 1.807) is 28.8 Å². The number of aromatic nitrogens is 2. The van der Waals surface area contributed by atoms with Crippen LogP contribution in [-0.4, -0.2) is 64.9 Å². The van der Waals surface area contributed by atoms with Crippen molar-refractivity contribution >= 4 is 23.2 Å². The molecule has 0 aliphatic carbocycles. The fraction of sp³-hybridized carbons (Fsp3) is 0.500. The molecule has 2 amide bonds. The van der Waals surface area contributed by atoms with Gasteiger partial charge in [0.1, 0.15) is 6.04 Å². The van der Waals surface area contributed by atoms with E-state index >= 15 is 0 Å². The summed E-state index contributed by atoms with van der Waals surface area (Å²) in [6.07, 6.45) is 4.68. The summed E-state index contributed by atoms with van der Waals surface area (Å²) in [6, 6.07) is 3.65. The summed E-state index contributed by atoms with van der Waals surface area (Å²) in [5.41, 5.74) is 0.896. The average Bonchev–Trinajstić information content (AvgIpc) is 3.29. The Balaban J connectivity index is 1.61. The van der Waals surface area contributed by atoms with Crippen LogP contribution in [0.5, 0.6) is 0 Å². The molecule has 1 aliphatic heterocycles. The minimum atomic E-state index is -0.423. The first kappa shape index (κ1) is 18.6. The molecule has 2 aromatic heterocycles. The van der Waals surface area contributed by atoms with Gasteiger partial charge in [-0.15, -0.1) is 11.3 Å². The van der Waals surface area contributed by atoms with Gasteiger partial charge < -0.3 is 19.7 Å². The zero-order chi connectivity index (χ0) is 18.5. The van der Waals surface area contributed by atoms with Crippen molar-refractivity contribution in [2.75, 3.05) is 33.7 Å². The molecule has 0 fully saturated rings. The van der Waals surface area contributed by atoms with E-state index < -0.39 is 6.04 Å². The molecule has 2 aromatic rings. The van der Waals surface area contributed by atoms with Crippen LogP contribution >= 0.6 is 11.3 Å². The molecule has 0 saturated heterocycles. The number of carbonyl (C=O) groups is 2. The second-order valence-electron chi connectivity index (χ2n) is 6.76. The third-order valence-electron chi connectivity index (χ3n) is 4.51. The van der Waals surface area contributed by atoms with Crippen LogP contribution in [0.2, 0.25) is 0 Å². The Morgan fingerprint density at radius 2 is 2.27 bits per heavy atom. The molecule has 3 rings (SSSR count). The molecule has 3 heterocycles. The van der Waals surface area contributed by atoms with Gasteiger partial charge in [-0.05, 0) is 32.0 Å². The number of imidazole rings is 1. The van der Waals surface area contributed by atoms with Crippen molar-refractivity contribution in [1.29, 1.82) is 0 Å². The third kappa shape index (κ3) is 4.50. The van der Waals surface area contributed by atoms with Crippen molar-refractivity contribution in [3.8, 4) is 0 Å². The average molecular weight is 375 g/mol.